The quantitative estimate of drug-likeness (QED) is 0.874. The monoisotopic (exact) mass is 251 g/mol. The number of nitrogens with zero attached hydrogens (tertiary/aromatic N) is 2. The molecule has 0 radical (unpaired) electrons. The fourth-order valence-corrected chi connectivity index (χ4v) is 3.95. The highest BCUT2D eigenvalue weighted by molar-refractivity contribution is 7.09. The Morgan fingerprint density at radius 2 is 2.35 bits per heavy atom. The summed E-state index contributed by atoms with van der Waals surface area (Å²) in [6, 6.07) is 0.529. The maximum Gasteiger partial charge on any atom is 0.0972 e. The van der Waals surface area contributed by atoms with E-state index in [-0.39, 0.29) is 0 Å². The Bertz CT molecular complexity index is 370. The molecule has 2 fully saturated rings. The summed E-state index contributed by atoms with van der Waals surface area (Å²) in [5.41, 5.74) is 1.29. The van der Waals surface area contributed by atoms with Gasteiger partial charge in [-0.05, 0) is 45.8 Å². The number of hydrogen-bond donors (Lipinski definition) is 1. The Morgan fingerprint density at radius 3 is 3.12 bits per heavy atom. The van der Waals surface area contributed by atoms with Crippen molar-refractivity contribution in [3.05, 3.63) is 16.1 Å². The molecule has 1 aromatic rings. The molecule has 2 aliphatic heterocycles. The third-order valence-corrected chi connectivity index (χ3v) is 4.96. The number of nitrogens with one attached hydrogen (secondary N) is 1. The molecule has 0 amide bonds. The standard InChI is InChI=1S/C13H21N3S/c1-16-7-3-4-10(8-16)13-15-12(9-17-13)11-5-2-6-14-11/h9-11,14H,2-8H2,1H3. The van der Waals surface area contributed by atoms with Gasteiger partial charge in [0, 0.05) is 17.8 Å². The summed E-state index contributed by atoms with van der Waals surface area (Å²) in [5, 5.41) is 7.16. The van der Waals surface area contributed by atoms with Gasteiger partial charge in [0.15, 0.2) is 0 Å². The molecule has 4 heteroatoms. The van der Waals surface area contributed by atoms with Crippen LogP contribution in [0.4, 0.5) is 0 Å². The second-order valence-electron chi connectivity index (χ2n) is 5.36. The zero-order valence-electron chi connectivity index (χ0n) is 10.5. The van der Waals surface area contributed by atoms with E-state index in [0.717, 1.165) is 6.54 Å². The van der Waals surface area contributed by atoms with Gasteiger partial charge in [-0.3, -0.25) is 0 Å². The van der Waals surface area contributed by atoms with Crippen molar-refractivity contribution in [2.75, 3.05) is 26.7 Å². The molecule has 0 saturated carbocycles. The molecule has 2 aliphatic rings. The zero-order chi connectivity index (χ0) is 11.7. The third kappa shape index (κ3) is 2.54. The van der Waals surface area contributed by atoms with Gasteiger partial charge in [0.1, 0.15) is 0 Å². The number of thiazole rings is 1. The average molecular weight is 251 g/mol. The molecule has 2 saturated heterocycles. The number of aromatic nitrogens is 1. The molecule has 1 aromatic heterocycles. The number of hydrogen-bond acceptors (Lipinski definition) is 4. The van der Waals surface area contributed by atoms with E-state index in [1.165, 1.54) is 49.5 Å². The van der Waals surface area contributed by atoms with Crippen LogP contribution >= 0.6 is 11.3 Å². The van der Waals surface area contributed by atoms with Gasteiger partial charge in [-0.15, -0.1) is 11.3 Å². The van der Waals surface area contributed by atoms with E-state index in [9.17, 15) is 0 Å². The number of piperidine rings is 1. The van der Waals surface area contributed by atoms with Gasteiger partial charge < -0.3 is 10.2 Å². The van der Waals surface area contributed by atoms with Crippen molar-refractivity contribution < 1.29 is 0 Å². The molecular formula is C13H21N3S. The molecule has 0 spiro atoms. The summed E-state index contributed by atoms with van der Waals surface area (Å²) >= 11 is 1.87. The second-order valence-corrected chi connectivity index (χ2v) is 6.25. The van der Waals surface area contributed by atoms with Crippen molar-refractivity contribution >= 4 is 11.3 Å². The van der Waals surface area contributed by atoms with Crippen LogP contribution < -0.4 is 5.32 Å². The summed E-state index contributed by atoms with van der Waals surface area (Å²) < 4.78 is 0. The highest BCUT2D eigenvalue weighted by Crippen LogP contribution is 2.31. The van der Waals surface area contributed by atoms with Gasteiger partial charge >= 0.3 is 0 Å². The number of likely N-dealkylation sites (N-methyl/N-ethyl adjacent to an activating group) is 1. The minimum Gasteiger partial charge on any atom is -0.309 e. The number of likely N-dealkylation sites (tertiary alicyclic amines) is 1. The average Bonchev–Trinajstić information content (AvgIpc) is 3.00. The molecule has 3 heterocycles. The van der Waals surface area contributed by atoms with Crippen LogP contribution in [0.3, 0.4) is 0 Å². The van der Waals surface area contributed by atoms with Gasteiger partial charge in [-0.1, -0.05) is 0 Å². The lowest BCUT2D eigenvalue weighted by molar-refractivity contribution is 0.250. The first-order chi connectivity index (χ1) is 8.33. The van der Waals surface area contributed by atoms with Gasteiger partial charge in [-0.2, -0.15) is 0 Å². The van der Waals surface area contributed by atoms with Crippen molar-refractivity contribution in [3.63, 3.8) is 0 Å². The normalized spacial score (nSPS) is 30.9. The Balaban J connectivity index is 1.70. The van der Waals surface area contributed by atoms with E-state index in [1.54, 1.807) is 0 Å². The Labute approximate surface area is 107 Å². The van der Waals surface area contributed by atoms with E-state index in [4.69, 9.17) is 4.98 Å². The van der Waals surface area contributed by atoms with Gasteiger partial charge in [0.2, 0.25) is 0 Å². The summed E-state index contributed by atoms with van der Waals surface area (Å²) in [4.78, 5) is 7.31. The van der Waals surface area contributed by atoms with Crippen LogP contribution in [0.1, 0.15) is 48.3 Å². The van der Waals surface area contributed by atoms with Crippen molar-refractivity contribution in [2.24, 2.45) is 0 Å². The lowest BCUT2D eigenvalue weighted by Crippen LogP contribution is -2.30. The maximum atomic E-state index is 4.88. The SMILES string of the molecule is CN1CCCC(c2nc(C3CCCN3)cs2)C1. The fraction of sp³-hybridized carbons (Fsp3) is 0.769. The molecule has 0 aromatic carbocycles. The van der Waals surface area contributed by atoms with Crippen LogP contribution in [0, 0.1) is 0 Å². The van der Waals surface area contributed by atoms with Crippen molar-refractivity contribution in [1.82, 2.24) is 15.2 Å². The highest BCUT2D eigenvalue weighted by Gasteiger charge is 2.24. The van der Waals surface area contributed by atoms with Gasteiger partial charge in [0.25, 0.3) is 0 Å². The van der Waals surface area contributed by atoms with Crippen LogP contribution in [-0.2, 0) is 0 Å². The van der Waals surface area contributed by atoms with Gasteiger partial charge in [-0.25, -0.2) is 4.98 Å². The molecule has 2 unspecified atom stereocenters. The van der Waals surface area contributed by atoms with E-state index >= 15 is 0 Å². The molecule has 1 N–H and O–H groups in total. The van der Waals surface area contributed by atoms with E-state index < -0.39 is 0 Å². The van der Waals surface area contributed by atoms with E-state index in [2.05, 4.69) is 22.6 Å². The molecular weight excluding hydrogens is 230 g/mol. The Kier molecular flexibility index (Phi) is 3.45. The minimum atomic E-state index is 0.529. The first-order valence-electron chi connectivity index (χ1n) is 6.70. The highest BCUT2D eigenvalue weighted by atomic mass is 32.1. The third-order valence-electron chi connectivity index (χ3n) is 3.93. The molecule has 3 rings (SSSR count). The van der Waals surface area contributed by atoms with Crippen LogP contribution in [0.25, 0.3) is 0 Å². The first kappa shape index (κ1) is 11.6. The predicted octanol–water partition coefficient (Wildman–Crippen LogP) is 2.38. The Hall–Kier alpha value is -0.450. The largest absolute Gasteiger partial charge is 0.309 e. The summed E-state index contributed by atoms with van der Waals surface area (Å²) in [5.74, 6) is 0.675. The van der Waals surface area contributed by atoms with E-state index in [1.807, 2.05) is 11.3 Å². The Morgan fingerprint density at radius 1 is 1.41 bits per heavy atom. The molecule has 2 atom stereocenters. The predicted molar refractivity (Wildman–Crippen MR) is 71.6 cm³/mol. The molecule has 0 bridgehead atoms. The van der Waals surface area contributed by atoms with Crippen molar-refractivity contribution in [1.29, 1.82) is 0 Å². The van der Waals surface area contributed by atoms with Crippen LogP contribution in [-0.4, -0.2) is 36.6 Å². The van der Waals surface area contributed by atoms with Crippen molar-refractivity contribution in [2.45, 2.75) is 37.6 Å². The molecule has 17 heavy (non-hydrogen) atoms. The number of rotatable bonds is 2. The van der Waals surface area contributed by atoms with Crippen LogP contribution in [0.5, 0.6) is 0 Å². The molecule has 3 nitrogen and oxygen atoms in total. The lowest BCUT2D eigenvalue weighted by Gasteiger charge is -2.28. The summed E-state index contributed by atoms with van der Waals surface area (Å²) in [7, 11) is 2.22. The summed E-state index contributed by atoms with van der Waals surface area (Å²) in [6.45, 7) is 3.59. The fourth-order valence-electron chi connectivity index (χ4n) is 2.95. The van der Waals surface area contributed by atoms with Crippen LogP contribution in [0.15, 0.2) is 5.38 Å². The van der Waals surface area contributed by atoms with Crippen LogP contribution in [0.2, 0.25) is 0 Å². The molecule has 0 aliphatic carbocycles. The lowest BCUT2D eigenvalue weighted by atomic mass is 9.99. The smallest absolute Gasteiger partial charge is 0.0972 e. The summed E-state index contributed by atoms with van der Waals surface area (Å²) in [6.07, 6.45) is 5.19. The zero-order valence-corrected chi connectivity index (χ0v) is 11.3. The van der Waals surface area contributed by atoms with Crippen molar-refractivity contribution in [3.8, 4) is 0 Å². The van der Waals surface area contributed by atoms with E-state index in [0.29, 0.717) is 12.0 Å². The second kappa shape index (κ2) is 5.04. The minimum absolute atomic E-state index is 0.529. The maximum absolute atomic E-state index is 4.88. The molecule has 94 valence electrons. The first-order valence-corrected chi connectivity index (χ1v) is 7.58. The van der Waals surface area contributed by atoms with Gasteiger partial charge in [0.05, 0.1) is 16.7 Å². The topological polar surface area (TPSA) is 28.2 Å².